The average molecular weight is 376 g/mol. The van der Waals surface area contributed by atoms with Crippen molar-refractivity contribution >= 4 is 17.5 Å². The van der Waals surface area contributed by atoms with Crippen LogP contribution in [0.25, 0.3) is 0 Å². The lowest BCUT2D eigenvalue weighted by molar-refractivity contribution is -0.123. The van der Waals surface area contributed by atoms with E-state index in [2.05, 4.69) is 5.32 Å². The molecule has 0 saturated carbocycles. The standard InChI is InChI=1S/C22H20N2O4/c1-27-19-9-5-8-17(14-19)24-22(26)20(15-6-3-2-4-7-15)28-18-12-10-16(11-13-18)21(23)25/h2-14,20H,1H3,(H2,23,25)(H,24,26)/t20-/m0/s1. The van der Waals surface area contributed by atoms with E-state index in [0.717, 1.165) is 0 Å². The summed E-state index contributed by atoms with van der Waals surface area (Å²) in [6.45, 7) is 0. The maximum Gasteiger partial charge on any atom is 0.270 e. The van der Waals surface area contributed by atoms with Gasteiger partial charge in [0, 0.05) is 22.9 Å². The number of hydrogen-bond donors (Lipinski definition) is 2. The summed E-state index contributed by atoms with van der Waals surface area (Å²) < 4.78 is 11.1. The van der Waals surface area contributed by atoms with Gasteiger partial charge < -0.3 is 20.5 Å². The first kappa shape index (κ1) is 19.0. The Morgan fingerprint density at radius 3 is 2.25 bits per heavy atom. The van der Waals surface area contributed by atoms with Crippen LogP contribution in [0.3, 0.4) is 0 Å². The molecule has 2 amide bonds. The third-order valence-corrected chi connectivity index (χ3v) is 4.07. The van der Waals surface area contributed by atoms with Crippen LogP contribution < -0.4 is 20.5 Å². The molecule has 0 fully saturated rings. The van der Waals surface area contributed by atoms with Gasteiger partial charge in [0.2, 0.25) is 12.0 Å². The zero-order valence-electron chi connectivity index (χ0n) is 15.3. The van der Waals surface area contributed by atoms with Crippen LogP contribution in [0, 0.1) is 0 Å². The van der Waals surface area contributed by atoms with E-state index in [9.17, 15) is 9.59 Å². The van der Waals surface area contributed by atoms with Crippen LogP contribution in [-0.4, -0.2) is 18.9 Å². The van der Waals surface area contributed by atoms with Gasteiger partial charge in [0.05, 0.1) is 7.11 Å². The van der Waals surface area contributed by atoms with E-state index in [1.807, 2.05) is 30.3 Å². The molecule has 6 nitrogen and oxygen atoms in total. The molecule has 0 bridgehead atoms. The second kappa shape index (κ2) is 8.73. The van der Waals surface area contributed by atoms with E-state index in [4.69, 9.17) is 15.2 Å². The van der Waals surface area contributed by atoms with Crippen LogP contribution in [0.1, 0.15) is 22.0 Å². The van der Waals surface area contributed by atoms with Crippen molar-refractivity contribution in [2.75, 3.05) is 12.4 Å². The minimum Gasteiger partial charge on any atom is -0.497 e. The second-order valence-corrected chi connectivity index (χ2v) is 6.02. The van der Waals surface area contributed by atoms with Crippen molar-refractivity contribution in [3.8, 4) is 11.5 Å². The molecule has 3 aromatic rings. The Bertz CT molecular complexity index is 956. The fourth-order valence-corrected chi connectivity index (χ4v) is 2.64. The number of ether oxygens (including phenoxy) is 2. The fraction of sp³-hybridized carbons (Fsp3) is 0.0909. The van der Waals surface area contributed by atoms with Crippen LogP contribution in [0.5, 0.6) is 11.5 Å². The molecule has 142 valence electrons. The van der Waals surface area contributed by atoms with Gasteiger partial charge in [-0.2, -0.15) is 0 Å². The van der Waals surface area contributed by atoms with Crippen LogP contribution >= 0.6 is 0 Å². The van der Waals surface area contributed by atoms with E-state index in [1.54, 1.807) is 55.6 Å². The van der Waals surface area contributed by atoms with Gasteiger partial charge in [-0.1, -0.05) is 36.4 Å². The van der Waals surface area contributed by atoms with Gasteiger partial charge in [-0.05, 0) is 36.4 Å². The van der Waals surface area contributed by atoms with Crippen molar-refractivity contribution < 1.29 is 19.1 Å². The highest BCUT2D eigenvalue weighted by atomic mass is 16.5. The molecule has 6 heteroatoms. The number of anilines is 1. The minimum atomic E-state index is -0.883. The number of carbonyl (C=O) groups is 2. The van der Waals surface area contributed by atoms with Crippen LogP contribution in [-0.2, 0) is 4.79 Å². The highest BCUT2D eigenvalue weighted by molar-refractivity contribution is 5.95. The SMILES string of the molecule is COc1cccc(NC(=O)[C@@H](Oc2ccc(C(N)=O)cc2)c2ccccc2)c1. The molecule has 0 aliphatic heterocycles. The first-order valence-electron chi connectivity index (χ1n) is 8.63. The maximum absolute atomic E-state index is 12.9. The van der Waals surface area contributed by atoms with Crippen molar-refractivity contribution in [2.24, 2.45) is 5.73 Å². The van der Waals surface area contributed by atoms with E-state index < -0.39 is 12.0 Å². The zero-order chi connectivity index (χ0) is 19.9. The van der Waals surface area contributed by atoms with Gasteiger partial charge in [0.1, 0.15) is 11.5 Å². The van der Waals surface area contributed by atoms with Crippen molar-refractivity contribution in [3.63, 3.8) is 0 Å². The molecule has 0 heterocycles. The smallest absolute Gasteiger partial charge is 0.270 e. The summed E-state index contributed by atoms with van der Waals surface area (Å²) in [4.78, 5) is 24.2. The van der Waals surface area contributed by atoms with Crippen molar-refractivity contribution in [2.45, 2.75) is 6.10 Å². The molecule has 1 atom stereocenters. The van der Waals surface area contributed by atoms with E-state index >= 15 is 0 Å². The van der Waals surface area contributed by atoms with Gasteiger partial charge in [0.25, 0.3) is 5.91 Å². The lowest BCUT2D eigenvalue weighted by Gasteiger charge is -2.19. The Morgan fingerprint density at radius 2 is 1.61 bits per heavy atom. The maximum atomic E-state index is 12.9. The summed E-state index contributed by atoms with van der Waals surface area (Å²) in [5.74, 6) is 0.219. The number of benzene rings is 3. The van der Waals surface area contributed by atoms with Gasteiger partial charge in [-0.3, -0.25) is 9.59 Å². The zero-order valence-corrected chi connectivity index (χ0v) is 15.3. The fourth-order valence-electron chi connectivity index (χ4n) is 2.64. The Balaban J connectivity index is 1.84. The van der Waals surface area contributed by atoms with E-state index in [-0.39, 0.29) is 5.91 Å². The Morgan fingerprint density at radius 1 is 0.893 bits per heavy atom. The first-order valence-corrected chi connectivity index (χ1v) is 8.63. The normalized spacial score (nSPS) is 11.3. The average Bonchev–Trinajstić information content (AvgIpc) is 2.73. The molecule has 3 aromatic carbocycles. The van der Waals surface area contributed by atoms with Crippen LogP contribution in [0.2, 0.25) is 0 Å². The quantitative estimate of drug-likeness (QED) is 0.660. The Labute approximate surface area is 162 Å². The third-order valence-electron chi connectivity index (χ3n) is 4.07. The second-order valence-electron chi connectivity index (χ2n) is 6.02. The molecular weight excluding hydrogens is 356 g/mol. The lowest BCUT2D eigenvalue weighted by Crippen LogP contribution is -2.25. The third kappa shape index (κ3) is 4.67. The highest BCUT2D eigenvalue weighted by Crippen LogP contribution is 2.25. The number of rotatable bonds is 7. The number of amides is 2. The molecule has 3 N–H and O–H groups in total. The van der Waals surface area contributed by atoms with Crippen LogP contribution in [0.4, 0.5) is 5.69 Å². The predicted octanol–water partition coefficient (Wildman–Crippen LogP) is 3.55. The molecule has 0 aliphatic carbocycles. The Hall–Kier alpha value is -3.80. The number of hydrogen-bond acceptors (Lipinski definition) is 4. The molecule has 0 radical (unpaired) electrons. The lowest BCUT2D eigenvalue weighted by atomic mass is 10.1. The number of nitrogens with two attached hydrogens (primary N) is 1. The Kier molecular flexibility index (Phi) is 5.91. The van der Waals surface area contributed by atoms with Gasteiger partial charge in [-0.15, -0.1) is 0 Å². The van der Waals surface area contributed by atoms with E-state index in [0.29, 0.717) is 28.3 Å². The summed E-state index contributed by atoms with van der Waals surface area (Å²) in [6.07, 6.45) is -0.883. The summed E-state index contributed by atoms with van der Waals surface area (Å²) >= 11 is 0. The molecule has 0 aromatic heterocycles. The van der Waals surface area contributed by atoms with Gasteiger partial charge >= 0.3 is 0 Å². The molecule has 0 aliphatic rings. The van der Waals surface area contributed by atoms with E-state index in [1.165, 1.54) is 0 Å². The summed E-state index contributed by atoms with van der Waals surface area (Å²) in [5.41, 5.74) is 6.92. The number of primary amides is 1. The largest absolute Gasteiger partial charge is 0.497 e. The molecule has 3 rings (SSSR count). The minimum absolute atomic E-state index is 0.335. The number of methoxy groups -OCH3 is 1. The molecule has 28 heavy (non-hydrogen) atoms. The van der Waals surface area contributed by atoms with Gasteiger partial charge in [-0.25, -0.2) is 0 Å². The molecule has 0 unspecified atom stereocenters. The van der Waals surface area contributed by atoms with Crippen molar-refractivity contribution in [3.05, 3.63) is 90.0 Å². The monoisotopic (exact) mass is 376 g/mol. The van der Waals surface area contributed by atoms with Crippen molar-refractivity contribution in [1.29, 1.82) is 0 Å². The topological polar surface area (TPSA) is 90.7 Å². The molecule has 0 saturated heterocycles. The number of carbonyl (C=O) groups excluding carboxylic acids is 2. The summed E-state index contributed by atoms with van der Waals surface area (Å²) in [7, 11) is 1.56. The van der Waals surface area contributed by atoms with Crippen LogP contribution in [0.15, 0.2) is 78.9 Å². The van der Waals surface area contributed by atoms with Crippen molar-refractivity contribution in [1.82, 2.24) is 0 Å². The summed E-state index contributed by atoms with van der Waals surface area (Å²) in [6, 6.07) is 22.6. The highest BCUT2D eigenvalue weighted by Gasteiger charge is 2.23. The molecular formula is C22H20N2O4. The molecule has 0 spiro atoms. The summed E-state index contributed by atoms with van der Waals surface area (Å²) in [5, 5.41) is 2.85. The first-order chi connectivity index (χ1) is 13.6. The van der Waals surface area contributed by atoms with Gasteiger partial charge in [0.15, 0.2) is 0 Å². The predicted molar refractivity (Wildman–Crippen MR) is 106 cm³/mol. The number of nitrogens with one attached hydrogen (secondary N) is 1.